The lowest BCUT2D eigenvalue weighted by Gasteiger charge is -2.19. The van der Waals surface area contributed by atoms with Crippen molar-refractivity contribution in [2.45, 2.75) is 32.4 Å². The number of nitrogens with one attached hydrogen (secondary N) is 1. The highest BCUT2D eigenvalue weighted by atomic mass is 32.2. The lowest BCUT2D eigenvalue weighted by molar-refractivity contribution is -0.129. The Bertz CT molecular complexity index is 230. The molecular formula is C11H24N2O2S. The van der Waals surface area contributed by atoms with Gasteiger partial charge >= 0.3 is 0 Å². The van der Waals surface area contributed by atoms with Crippen LogP contribution < -0.4 is 5.32 Å². The molecule has 0 saturated heterocycles. The molecule has 0 aliphatic rings. The second-order valence-corrected chi connectivity index (χ2v) is 5.64. The zero-order valence-electron chi connectivity index (χ0n) is 10.8. The average molecular weight is 248 g/mol. The quantitative estimate of drug-likeness (QED) is 0.640. The molecule has 1 N–H and O–H groups in total. The molecule has 0 radical (unpaired) electrons. The number of rotatable bonds is 8. The van der Waals surface area contributed by atoms with E-state index in [0.29, 0.717) is 6.54 Å². The number of hydrogen-bond donors (Lipinski definition) is 1. The van der Waals surface area contributed by atoms with Gasteiger partial charge < -0.3 is 10.2 Å². The molecule has 0 saturated carbocycles. The molecule has 0 aliphatic heterocycles. The highest BCUT2D eigenvalue weighted by Gasteiger charge is 2.09. The first-order valence-electron chi connectivity index (χ1n) is 5.83. The molecular weight excluding hydrogens is 224 g/mol. The van der Waals surface area contributed by atoms with Gasteiger partial charge in [0.1, 0.15) is 0 Å². The molecule has 0 rings (SSSR count). The van der Waals surface area contributed by atoms with Crippen LogP contribution in [0.3, 0.4) is 0 Å². The lowest BCUT2D eigenvalue weighted by Crippen LogP contribution is -2.38. The fourth-order valence-corrected chi connectivity index (χ4v) is 1.80. The number of likely N-dealkylation sites (N-methyl/N-ethyl adjacent to an activating group) is 1. The normalized spacial score (nSPS) is 14.5. The van der Waals surface area contributed by atoms with Gasteiger partial charge in [-0.05, 0) is 26.8 Å². The minimum atomic E-state index is -0.772. The fourth-order valence-electron chi connectivity index (χ4n) is 1.35. The highest BCUT2D eigenvalue weighted by molar-refractivity contribution is 7.84. The van der Waals surface area contributed by atoms with Gasteiger partial charge in [0.2, 0.25) is 5.91 Å². The summed E-state index contributed by atoms with van der Waals surface area (Å²) in [4.78, 5) is 13.4. The number of amides is 1. The number of carbonyl (C=O) groups excluding carboxylic acids is 1. The third-order valence-electron chi connectivity index (χ3n) is 2.69. The molecule has 0 spiro atoms. The first-order valence-corrected chi connectivity index (χ1v) is 7.45. The van der Waals surface area contributed by atoms with E-state index in [1.807, 2.05) is 20.8 Å². The smallest absolute Gasteiger partial charge is 0.236 e. The van der Waals surface area contributed by atoms with Crippen molar-refractivity contribution in [1.29, 1.82) is 0 Å². The first kappa shape index (κ1) is 15.6. The summed E-state index contributed by atoms with van der Waals surface area (Å²) in [5.41, 5.74) is 0. The number of hydrogen-bond acceptors (Lipinski definition) is 3. The van der Waals surface area contributed by atoms with Crippen molar-refractivity contribution < 1.29 is 9.00 Å². The van der Waals surface area contributed by atoms with Crippen molar-refractivity contribution in [2.24, 2.45) is 0 Å². The minimum Gasteiger partial charge on any atom is -0.342 e. The SMILES string of the molecule is CCN(CC)C(=O)CNCCC(C)S(C)=O. The molecule has 0 aromatic heterocycles. The molecule has 0 heterocycles. The van der Waals surface area contributed by atoms with E-state index in [-0.39, 0.29) is 11.2 Å². The van der Waals surface area contributed by atoms with Crippen LogP contribution >= 0.6 is 0 Å². The monoisotopic (exact) mass is 248 g/mol. The Balaban J connectivity index is 3.66. The van der Waals surface area contributed by atoms with E-state index < -0.39 is 10.8 Å². The van der Waals surface area contributed by atoms with E-state index in [1.54, 1.807) is 11.2 Å². The molecule has 5 heteroatoms. The largest absolute Gasteiger partial charge is 0.342 e. The van der Waals surface area contributed by atoms with Crippen molar-refractivity contribution in [3.05, 3.63) is 0 Å². The van der Waals surface area contributed by atoms with E-state index in [2.05, 4.69) is 5.32 Å². The molecule has 4 nitrogen and oxygen atoms in total. The Labute approximate surface area is 101 Å². The maximum Gasteiger partial charge on any atom is 0.236 e. The van der Waals surface area contributed by atoms with Crippen LogP contribution in [0.1, 0.15) is 27.2 Å². The van der Waals surface area contributed by atoms with E-state index in [4.69, 9.17) is 0 Å². The van der Waals surface area contributed by atoms with Crippen LogP contribution in [0.15, 0.2) is 0 Å². The van der Waals surface area contributed by atoms with Gasteiger partial charge in [-0.3, -0.25) is 9.00 Å². The second-order valence-electron chi connectivity index (χ2n) is 3.84. The van der Waals surface area contributed by atoms with Crippen LogP contribution in [0, 0.1) is 0 Å². The molecule has 2 atom stereocenters. The van der Waals surface area contributed by atoms with Gasteiger partial charge in [0.25, 0.3) is 0 Å². The first-order chi connectivity index (χ1) is 7.52. The van der Waals surface area contributed by atoms with Crippen molar-refractivity contribution in [3.63, 3.8) is 0 Å². The Morgan fingerprint density at radius 1 is 1.38 bits per heavy atom. The van der Waals surface area contributed by atoms with Gasteiger partial charge in [-0.2, -0.15) is 0 Å². The van der Waals surface area contributed by atoms with Crippen molar-refractivity contribution in [1.82, 2.24) is 10.2 Å². The van der Waals surface area contributed by atoms with Crippen LogP contribution in [0.5, 0.6) is 0 Å². The summed E-state index contributed by atoms with van der Waals surface area (Å²) in [5, 5.41) is 3.29. The Kier molecular flexibility index (Phi) is 8.47. The summed E-state index contributed by atoms with van der Waals surface area (Å²) >= 11 is 0. The minimum absolute atomic E-state index is 0.135. The molecule has 96 valence electrons. The van der Waals surface area contributed by atoms with Crippen molar-refractivity contribution in [3.8, 4) is 0 Å². The van der Waals surface area contributed by atoms with Gasteiger partial charge in [-0.15, -0.1) is 0 Å². The van der Waals surface area contributed by atoms with Gasteiger partial charge in [0, 0.05) is 35.4 Å². The molecule has 1 amide bonds. The lowest BCUT2D eigenvalue weighted by atomic mass is 10.3. The van der Waals surface area contributed by atoms with Crippen LogP contribution in [0.4, 0.5) is 0 Å². The summed E-state index contributed by atoms with van der Waals surface area (Å²) in [5.74, 6) is 0.135. The third kappa shape index (κ3) is 6.23. The highest BCUT2D eigenvalue weighted by Crippen LogP contribution is 1.97. The zero-order chi connectivity index (χ0) is 12.6. The number of nitrogens with zero attached hydrogens (tertiary/aromatic N) is 1. The molecule has 16 heavy (non-hydrogen) atoms. The van der Waals surface area contributed by atoms with Gasteiger partial charge in [0.05, 0.1) is 6.54 Å². The molecule has 0 fully saturated rings. The van der Waals surface area contributed by atoms with Crippen molar-refractivity contribution in [2.75, 3.05) is 32.4 Å². The second kappa shape index (κ2) is 8.70. The standard InChI is InChI=1S/C11H24N2O2S/c1-5-13(6-2)11(14)9-12-8-7-10(3)16(4)15/h10,12H,5-9H2,1-4H3. The van der Waals surface area contributed by atoms with Gasteiger partial charge in [-0.1, -0.05) is 6.92 Å². The summed E-state index contributed by atoms with van der Waals surface area (Å²) < 4.78 is 11.1. The predicted molar refractivity (Wildman–Crippen MR) is 68.9 cm³/mol. The third-order valence-corrected chi connectivity index (χ3v) is 4.06. The molecule has 0 aliphatic carbocycles. The van der Waals surface area contributed by atoms with Crippen LogP contribution in [0.25, 0.3) is 0 Å². The Hall–Kier alpha value is -0.420. The maximum atomic E-state index is 11.6. The van der Waals surface area contributed by atoms with Crippen LogP contribution in [0.2, 0.25) is 0 Å². The number of carbonyl (C=O) groups is 1. The average Bonchev–Trinajstić information content (AvgIpc) is 2.25. The Morgan fingerprint density at radius 3 is 2.38 bits per heavy atom. The molecule has 0 aromatic carbocycles. The van der Waals surface area contributed by atoms with Gasteiger partial charge in [-0.25, -0.2) is 0 Å². The van der Waals surface area contributed by atoms with Gasteiger partial charge in [0.15, 0.2) is 0 Å². The van der Waals surface area contributed by atoms with E-state index in [0.717, 1.165) is 26.1 Å². The zero-order valence-corrected chi connectivity index (χ0v) is 11.6. The maximum absolute atomic E-state index is 11.6. The van der Waals surface area contributed by atoms with E-state index in [9.17, 15) is 9.00 Å². The summed E-state index contributed by atoms with van der Waals surface area (Å²) in [7, 11) is -0.772. The molecule has 0 bridgehead atoms. The van der Waals surface area contributed by atoms with Crippen LogP contribution in [-0.4, -0.2) is 52.7 Å². The summed E-state index contributed by atoms with van der Waals surface area (Å²) in [6.45, 7) is 8.55. The van der Waals surface area contributed by atoms with Crippen LogP contribution in [-0.2, 0) is 15.6 Å². The molecule has 2 unspecified atom stereocenters. The Morgan fingerprint density at radius 2 is 1.94 bits per heavy atom. The van der Waals surface area contributed by atoms with Crippen molar-refractivity contribution >= 4 is 16.7 Å². The fraction of sp³-hybridized carbons (Fsp3) is 0.909. The van der Waals surface area contributed by atoms with E-state index >= 15 is 0 Å². The predicted octanol–water partition coefficient (Wildman–Crippen LogP) is 0.602. The molecule has 0 aromatic rings. The van der Waals surface area contributed by atoms with E-state index in [1.165, 1.54) is 0 Å². The summed E-state index contributed by atoms with van der Waals surface area (Å²) in [6, 6.07) is 0. The topological polar surface area (TPSA) is 49.4 Å². The summed E-state index contributed by atoms with van der Waals surface area (Å²) in [6.07, 6.45) is 2.56.